The first kappa shape index (κ1) is 8.93. The first-order valence-electron chi connectivity index (χ1n) is 3.59. The molecule has 0 aliphatic heterocycles. The van der Waals surface area contributed by atoms with Gasteiger partial charge in [-0.2, -0.15) is 0 Å². The largest absolute Gasteiger partial charge is 0.389 e. The van der Waals surface area contributed by atoms with Crippen LogP contribution < -0.4 is 11.1 Å². The number of hydrogen-bond acceptors (Lipinski definition) is 3. The Hall–Kier alpha value is -1.16. The number of nitrogens with one attached hydrogen (secondary N) is 1. The van der Waals surface area contributed by atoms with Crippen molar-refractivity contribution in [3.05, 3.63) is 23.4 Å². The van der Waals surface area contributed by atoms with Gasteiger partial charge >= 0.3 is 0 Å². The lowest BCUT2D eigenvalue weighted by Gasteiger charge is -2.04. The monoisotopic (exact) mass is 181 g/mol. The lowest BCUT2D eigenvalue weighted by molar-refractivity contribution is 1.18. The second-order valence-electron chi connectivity index (χ2n) is 2.50. The van der Waals surface area contributed by atoms with Crippen molar-refractivity contribution in [2.75, 3.05) is 12.4 Å². The molecule has 3 nitrogen and oxygen atoms in total. The Labute approximate surface area is 77.0 Å². The number of nitrogens with zero attached hydrogens (tertiary/aromatic N) is 1. The summed E-state index contributed by atoms with van der Waals surface area (Å²) in [6.07, 6.45) is 0. The lowest BCUT2D eigenvalue weighted by Crippen LogP contribution is -2.10. The Balaban J connectivity index is 3.15. The van der Waals surface area contributed by atoms with Gasteiger partial charge in [-0.1, -0.05) is 12.2 Å². The van der Waals surface area contributed by atoms with Gasteiger partial charge in [0.05, 0.1) is 0 Å². The van der Waals surface area contributed by atoms with Crippen LogP contribution in [0.25, 0.3) is 0 Å². The molecule has 64 valence electrons. The average molecular weight is 181 g/mol. The van der Waals surface area contributed by atoms with Crippen LogP contribution in [0.4, 0.5) is 5.82 Å². The highest BCUT2D eigenvalue weighted by molar-refractivity contribution is 7.80. The van der Waals surface area contributed by atoms with Crippen LogP contribution in [-0.2, 0) is 0 Å². The summed E-state index contributed by atoms with van der Waals surface area (Å²) in [4.78, 5) is 4.61. The van der Waals surface area contributed by atoms with E-state index >= 15 is 0 Å². The molecule has 1 aromatic rings. The van der Waals surface area contributed by atoms with E-state index in [0.717, 1.165) is 17.1 Å². The van der Waals surface area contributed by atoms with Crippen LogP contribution in [0.1, 0.15) is 11.3 Å². The Morgan fingerprint density at radius 3 is 2.75 bits per heavy atom. The minimum Gasteiger partial charge on any atom is -0.389 e. The molecule has 0 fully saturated rings. The first-order valence-corrected chi connectivity index (χ1v) is 4.00. The number of anilines is 1. The van der Waals surface area contributed by atoms with Gasteiger partial charge in [-0.15, -0.1) is 0 Å². The molecule has 0 aliphatic carbocycles. The maximum Gasteiger partial charge on any atom is 0.126 e. The quantitative estimate of drug-likeness (QED) is 0.670. The molecule has 0 atom stereocenters. The average Bonchev–Trinajstić information content (AvgIpc) is 2.03. The molecule has 0 amide bonds. The molecule has 0 saturated heterocycles. The van der Waals surface area contributed by atoms with Crippen molar-refractivity contribution in [2.45, 2.75) is 6.92 Å². The minimum atomic E-state index is 0.400. The summed E-state index contributed by atoms with van der Waals surface area (Å²) < 4.78 is 0. The first-order chi connectivity index (χ1) is 5.63. The predicted octanol–water partition coefficient (Wildman–Crippen LogP) is 1.07. The van der Waals surface area contributed by atoms with E-state index in [2.05, 4.69) is 10.3 Å². The zero-order chi connectivity index (χ0) is 9.14. The van der Waals surface area contributed by atoms with Gasteiger partial charge in [0.15, 0.2) is 0 Å². The fourth-order valence-electron chi connectivity index (χ4n) is 0.939. The number of nitrogens with two attached hydrogens (primary N) is 1. The Morgan fingerprint density at radius 2 is 2.25 bits per heavy atom. The summed E-state index contributed by atoms with van der Waals surface area (Å²) in [5.41, 5.74) is 7.24. The van der Waals surface area contributed by atoms with Gasteiger partial charge in [0.2, 0.25) is 0 Å². The van der Waals surface area contributed by atoms with Crippen molar-refractivity contribution in [3.63, 3.8) is 0 Å². The van der Waals surface area contributed by atoms with E-state index in [0.29, 0.717) is 4.99 Å². The Morgan fingerprint density at radius 1 is 1.58 bits per heavy atom. The van der Waals surface area contributed by atoms with Crippen molar-refractivity contribution < 1.29 is 0 Å². The molecule has 1 heterocycles. The topological polar surface area (TPSA) is 50.9 Å². The standard InChI is InChI=1S/C8H11N3S/c1-5-3-6(8(9)12)4-7(10-2)11-5/h3-4H,1-2H3,(H2,9,12)(H,10,11). The summed E-state index contributed by atoms with van der Waals surface area (Å²) in [7, 11) is 1.81. The second kappa shape index (κ2) is 3.49. The van der Waals surface area contributed by atoms with Gasteiger partial charge in [-0.3, -0.25) is 0 Å². The fraction of sp³-hybridized carbons (Fsp3) is 0.250. The van der Waals surface area contributed by atoms with Crippen LogP contribution >= 0.6 is 12.2 Å². The number of aromatic nitrogens is 1. The molecule has 3 N–H and O–H groups in total. The van der Waals surface area contributed by atoms with Crippen LogP contribution in [0.5, 0.6) is 0 Å². The molecule has 1 rings (SSSR count). The minimum absolute atomic E-state index is 0.400. The van der Waals surface area contributed by atoms with E-state index in [1.165, 1.54) is 0 Å². The molecular formula is C8H11N3S. The molecule has 0 unspecified atom stereocenters. The molecule has 0 aliphatic rings. The number of hydrogen-bond donors (Lipinski definition) is 2. The van der Waals surface area contributed by atoms with Gasteiger partial charge in [0, 0.05) is 18.3 Å². The van der Waals surface area contributed by atoms with Crippen LogP contribution in [0.2, 0.25) is 0 Å². The van der Waals surface area contributed by atoms with Gasteiger partial charge in [-0.25, -0.2) is 4.98 Å². The van der Waals surface area contributed by atoms with Gasteiger partial charge in [-0.05, 0) is 19.1 Å². The summed E-state index contributed by atoms with van der Waals surface area (Å²) in [5, 5.41) is 2.94. The number of pyridine rings is 1. The van der Waals surface area contributed by atoms with Crippen molar-refractivity contribution >= 4 is 23.0 Å². The highest BCUT2D eigenvalue weighted by atomic mass is 32.1. The zero-order valence-corrected chi connectivity index (χ0v) is 7.90. The van der Waals surface area contributed by atoms with E-state index in [-0.39, 0.29) is 0 Å². The lowest BCUT2D eigenvalue weighted by atomic mass is 10.2. The summed E-state index contributed by atoms with van der Waals surface area (Å²) in [6, 6.07) is 3.69. The number of aryl methyl sites for hydroxylation is 1. The van der Waals surface area contributed by atoms with E-state index < -0.39 is 0 Å². The summed E-state index contributed by atoms with van der Waals surface area (Å²) in [6.45, 7) is 1.91. The maximum absolute atomic E-state index is 5.48. The van der Waals surface area contributed by atoms with Crippen molar-refractivity contribution in [1.82, 2.24) is 4.98 Å². The number of thiocarbonyl (C=S) groups is 1. The third kappa shape index (κ3) is 1.92. The van der Waals surface area contributed by atoms with E-state index in [9.17, 15) is 0 Å². The van der Waals surface area contributed by atoms with Gasteiger partial charge < -0.3 is 11.1 Å². The van der Waals surface area contributed by atoms with E-state index in [4.69, 9.17) is 18.0 Å². The van der Waals surface area contributed by atoms with Crippen LogP contribution in [-0.4, -0.2) is 17.0 Å². The van der Waals surface area contributed by atoms with Crippen LogP contribution in [0.3, 0.4) is 0 Å². The molecule has 0 spiro atoms. The summed E-state index contributed by atoms with van der Waals surface area (Å²) in [5.74, 6) is 0.790. The van der Waals surface area contributed by atoms with Crippen molar-refractivity contribution in [3.8, 4) is 0 Å². The Bertz CT molecular complexity index is 309. The third-order valence-corrected chi connectivity index (χ3v) is 1.73. The Kier molecular flexibility index (Phi) is 2.60. The smallest absolute Gasteiger partial charge is 0.126 e. The second-order valence-corrected chi connectivity index (χ2v) is 2.94. The van der Waals surface area contributed by atoms with Crippen molar-refractivity contribution in [1.29, 1.82) is 0 Å². The van der Waals surface area contributed by atoms with Crippen molar-refractivity contribution in [2.24, 2.45) is 5.73 Å². The fourth-order valence-corrected chi connectivity index (χ4v) is 1.06. The van der Waals surface area contributed by atoms with Crippen LogP contribution in [0, 0.1) is 6.92 Å². The molecule has 0 radical (unpaired) electrons. The van der Waals surface area contributed by atoms with E-state index in [1.807, 2.05) is 26.1 Å². The highest BCUT2D eigenvalue weighted by Crippen LogP contribution is 2.08. The third-order valence-electron chi connectivity index (χ3n) is 1.49. The summed E-state index contributed by atoms with van der Waals surface area (Å²) >= 11 is 4.85. The predicted molar refractivity (Wildman–Crippen MR) is 54.4 cm³/mol. The van der Waals surface area contributed by atoms with Gasteiger partial charge in [0.25, 0.3) is 0 Å². The van der Waals surface area contributed by atoms with E-state index in [1.54, 1.807) is 0 Å². The molecule has 4 heteroatoms. The van der Waals surface area contributed by atoms with Gasteiger partial charge in [0.1, 0.15) is 10.8 Å². The molecule has 1 aromatic heterocycles. The molecule has 0 bridgehead atoms. The molecule has 0 aromatic carbocycles. The zero-order valence-electron chi connectivity index (χ0n) is 7.09. The normalized spacial score (nSPS) is 9.50. The molecule has 0 saturated carbocycles. The van der Waals surface area contributed by atoms with Crippen LogP contribution in [0.15, 0.2) is 12.1 Å². The molecule has 12 heavy (non-hydrogen) atoms. The SMILES string of the molecule is CNc1cc(C(N)=S)cc(C)n1. The molecular weight excluding hydrogens is 170 g/mol. The highest BCUT2D eigenvalue weighted by Gasteiger charge is 1.99. The number of rotatable bonds is 2. The maximum atomic E-state index is 5.48.